The summed E-state index contributed by atoms with van der Waals surface area (Å²) in [5.41, 5.74) is 4.42. The lowest BCUT2D eigenvalue weighted by Gasteiger charge is -2.10. The van der Waals surface area contributed by atoms with Gasteiger partial charge in [0.25, 0.3) is 0 Å². The Morgan fingerprint density at radius 3 is 2.39 bits per heavy atom. The number of rotatable bonds is 6. The summed E-state index contributed by atoms with van der Waals surface area (Å²) < 4.78 is 5.23. The molecule has 6 heteroatoms. The zero-order valence-electron chi connectivity index (χ0n) is 12.9. The highest BCUT2D eigenvalue weighted by atomic mass is 32.1. The molecule has 2 N–H and O–H groups in total. The minimum atomic E-state index is -0.235. The van der Waals surface area contributed by atoms with E-state index in [1.807, 2.05) is 42.5 Å². The number of benzene rings is 2. The van der Waals surface area contributed by atoms with Gasteiger partial charge in [-0.05, 0) is 24.3 Å². The number of hydrogen-bond donors (Lipinski definition) is 2. The Hall–Kier alpha value is -2.73. The quantitative estimate of drug-likeness (QED) is 0.483. The van der Waals surface area contributed by atoms with E-state index < -0.39 is 0 Å². The van der Waals surface area contributed by atoms with Gasteiger partial charge in [-0.25, -0.2) is 0 Å². The van der Waals surface area contributed by atoms with Gasteiger partial charge in [-0.3, -0.25) is 10.2 Å². The van der Waals surface area contributed by atoms with Crippen LogP contribution in [0.2, 0.25) is 0 Å². The predicted octanol–water partition coefficient (Wildman–Crippen LogP) is 3.49. The maximum atomic E-state index is 11.8. The number of methoxy groups -OCH3 is 1. The monoisotopic (exact) mass is 327 g/mol. The number of carbonyl (C=O) groups excluding carboxylic acids is 1. The maximum absolute atomic E-state index is 11.8. The van der Waals surface area contributed by atoms with Crippen LogP contribution in [-0.4, -0.2) is 23.6 Å². The highest BCUT2D eigenvalue weighted by Gasteiger charge is 2.13. The fourth-order valence-corrected chi connectivity index (χ4v) is 2.16. The molecule has 0 atom stereocenters. The standard InChI is InChI=1S/C17H17N3O2S/c1-12(21)16(17(23)18-13-8-4-3-5-9-13)20-19-14-10-6-7-11-15(14)22-2/h3-11,19H,1-2H3,(H,18,23)/b20-16-. The van der Waals surface area contributed by atoms with Crippen LogP contribution in [-0.2, 0) is 4.79 Å². The largest absolute Gasteiger partial charge is 0.495 e. The number of para-hydroxylation sites is 3. The number of nitrogens with zero attached hydrogens (tertiary/aromatic N) is 1. The van der Waals surface area contributed by atoms with E-state index in [0.717, 1.165) is 5.69 Å². The van der Waals surface area contributed by atoms with Crippen LogP contribution in [0, 0.1) is 0 Å². The molecular weight excluding hydrogens is 310 g/mol. The normalized spacial score (nSPS) is 10.8. The molecule has 0 radical (unpaired) electrons. The molecule has 0 unspecified atom stereocenters. The molecule has 0 bridgehead atoms. The molecular formula is C17H17N3O2S. The zero-order chi connectivity index (χ0) is 16.7. The fourth-order valence-electron chi connectivity index (χ4n) is 1.85. The van der Waals surface area contributed by atoms with Crippen LogP contribution in [0.5, 0.6) is 5.75 Å². The van der Waals surface area contributed by atoms with E-state index in [0.29, 0.717) is 11.4 Å². The lowest BCUT2D eigenvalue weighted by Crippen LogP contribution is -2.27. The summed E-state index contributed by atoms with van der Waals surface area (Å²) in [6.07, 6.45) is 0. The van der Waals surface area contributed by atoms with E-state index in [1.54, 1.807) is 19.2 Å². The number of anilines is 2. The van der Waals surface area contributed by atoms with Crippen molar-refractivity contribution in [1.82, 2.24) is 0 Å². The van der Waals surface area contributed by atoms with E-state index in [2.05, 4.69) is 15.8 Å². The van der Waals surface area contributed by atoms with E-state index in [9.17, 15) is 4.79 Å². The van der Waals surface area contributed by atoms with Gasteiger partial charge in [-0.2, -0.15) is 5.10 Å². The Balaban J connectivity index is 2.17. The number of ketones is 1. The minimum Gasteiger partial charge on any atom is -0.495 e. The number of carbonyl (C=O) groups is 1. The molecule has 0 fully saturated rings. The van der Waals surface area contributed by atoms with Gasteiger partial charge in [0.15, 0.2) is 11.5 Å². The summed E-state index contributed by atoms with van der Waals surface area (Å²) in [4.78, 5) is 12.1. The third kappa shape index (κ3) is 4.62. The average Bonchev–Trinajstić information content (AvgIpc) is 2.56. The SMILES string of the molecule is COc1ccccc1N/N=C(/C(C)=O)C(=S)Nc1ccccc1. The highest BCUT2D eigenvalue weighted by molar-refractivity contribution is 7.82. The molecule has 0 saturated heterocycles. The minimum absolute atomic E-state index is 0.148. The Kier molecular flexibility index (Phi) is 5.82. The first kappa shape index (κ1) is 16.6. The number of ether oxygens (including phenoxy) is 1. The van der Waals surface area contributed by atoms with Gasteiger partial charge >= 0.3 is 0 Å². The van der Waals surface area contributed by atoms with Crippen LogP contribution in [0.15, 0.2) is 59.7 Å². The number of nitrogens with one attached hydrogen (secondary N) is 2. The van der Waals surface area contributed by atoms with Gasteiger partial charge in [-0.1, -0.05) is 42.5 Å². The average molecular weight is 327 g/mol. The first-order valence-corrected chi connectivity index (χ1v) is 7.36. The molecule has 2 aromatic carbocycles. The Bertz CT molecular complexity index is 730. The van der Waals surface area contributed by atoms with Crippen molar-refractivity contribution >= 4 is 40.1 Å². The summed E-state index contributed by atoms with van der Waals surface area (Å²) >= 11 is 5.28. The zero-order valence-corrected chi connectivity index (χ0v) is 13.7. The number of Topliss-reactive ketones (excluding diaryl/α,β-unsaturated/α-hetero) is 1. The molecule has 118 valence electrons. The van der Waals surface area contributed by atoms with Crippen molar-refractivity contribution in [2.24, 2.45) is 5.10 Å². The highest BCUT2D eigenvalue weighted by Crippen LogP contribution is 2.22. The second-order valence-electron chi connectivity index (χ2n) is 4.65. The Morgan fingerprint density at radius 2 is 1.74 bits per heavy atom. The van der Waals surface area contributed by atoms with Crippen molar-refractivity contribution in [1.29, 1.82) is 0 Å². The van der Waals surface area contributed by atoms with Gasteiger partial charge in [0.05, 0.1) is 12.8 Å². The lowest BCUT2D eigenvalue weighted by atomic mass is 10.2. The Labute approximate surface area is 140 Å². The molecule has 0 saturated carbocycles. The van der Waals surface area contributed by atoms with Crippen molar-refractivity contribution in [3.8, 4) is 5.75 Å². The van der Waals surface area contributed by atoms with Crippen LogP contribution in [0.1, 0.15) is 6.92 Å². The topological polar surface area (TPSA) is 62.7 Å². The molecule has 0 aromatic heterocycles. The van der Waals surface area contributed by atoms with Crippen molar-refractivity contribution < 1.29 is 9.53 Å². The van der Waals surface area contributed by atoms with Gasteiger partial charge in [0.2, 0.25) is 0 Å². The molecule has 0 aliphatic rings. The van der Waals surface area contributed by atoms with Gasteiger partial charge in [-0.15, -0.1) is 0 Å². The summed E-state index contributed by atoms with van der Waals surface area (Å²) in [6.45, 7) is 1.42. The predicted molar refractivity (Wildman–Crippen MR) is 97.4 cm³/mol. The molecule has 0 heterocycles. The van der Waals surface area contributed by atoms with E-state index in [4.69, 9.17) is 17.0 Å². The fraction of sp³-hybridized carbons (Fsp3) is 0.118. The summed E-state index contributed by atoms with van der Waals surface area (Å²) in [5, 5.41) is 7.13. The van der Waals surface area contributed by atoms with Gasteiger partial charge in [0.1, 0.15) is 10.7 Å². The third-order valence-corrected chi connectivity index (χ3v) is 3.27. The first-order chi connectivity index (χ1) is 11.1. The first-order valence-electron chi connectivity index (χ1n) is 6.96. The van der Waals surface area contributed by atoms with Crippen molar-refractivity contribution in [3.63, 3.8) is 0 Å². The van der Waals surface area contributed by atoms with E-state index in [-0.39, 0.29) is 16.5 Å². The number of hydrazone groups is 1. The summed E-state index contributed by atoms with van der Waals surface area (Å²) in [5.74, 6) is 0.391. The van der Waals surface area contributed by atoms with Gasteiger partial charge < -0.3 is 10.1 Å². The van der Waals surface area contributed by atoms with Crippen molar-refractivity contribution in [3.05, 3.63) is 54.6 Å². The molecule has 0 amide bonds. The van der Waals surface area contributed by atoms with Crippen LogP contribution in [0.3, 0.4) is 0 Å². The van der Waals surface area contributed by atoms with Crippen molar-refractivity contribution in [2.75, 3.05) is 17.9 Å². The van der Waals surface area contributed by atoms with Crippen molar-refractivity contribution in [2.45, 2.75) is 6.92 Å². The lowest BCUT2D eigenvalue weighted by molar-refractivity contribution is -0.110. The number of hydrogen-bond acceptors (Lipinski definition) is 5. The van der Waals surface area contributed by atoms with E-state index >= 15 is 0 Å². The Morgan fingerprint density at radius 1 is 1.09 bits per heavy atom. The molecule has 0 spiro atoms. The van der Waals surface area contributed by atoms with Crippen LogP contribution in [0.25, 0.3) is 0 Å². The summed E-state index contributed by atoms with van der Waals surface area (Å²) in [7, 11) is 1.57. The second kappa shape index (κ2) is 8.05. The molecule has 23 heavy (non-hydrogen) atoms. The molecule has 5 nitrogen and oxygen atoms in total. The second-order valence-corrected chi connectivity index (χ2v) is 5.06. The van der Waals surface area contributed by atoms with Crippen LogP contribution < -0.4 is 15.5 Å². The smallest absolute Gasteiger partial charge is 0.182 e. The molecule has 2 rings (SSSR count). The summed E-state index contributed by atoms with van der Waals surface area (Å²) in [6, 6.07) is 16.7. The molecule has 2 aromatic rings. The van der Waals surface area contributed by atoms with E-state index in [1.165, 1.54) is 6.92 Å². The maximum Gasteiger partial charge on any atom is 0.182 e. The molecule has 0 aliphatic heterocycles. The molecule has 0 aliphatic carbocycles. The third-order valence-electron chi connectivity index (χ3n) is 2.98. The number of thiocarbonyl (C=S) groups is 1. The van der Waals surface area contributed by atoms with Crippen LogP contribution >= 0.6 is 12.2 Å². The van der Waals surface area contributed by atoms with Crippen LogP contribution in [0.4, 0.5) is 11.4 Å². The van der Waals surface area contributed by atoms with Gasteiger partial charge in [0, 0.05) is 12.6 Å².